The van der Waals surface area contributed by atoms with Crippen LogP contribution in [0.15, 0.2) is 22.7 Å². The second-order valence-electron chi connectivity index (χ2n) is 4.68. The highest BCUT2D eigenvalue weighted by molar-refractivity contribution is 5.59. The Hall–Kier alpha value is -2.08. The molecule has 0 bridgehead atoms. The molecule has 1 heterocycles. The zero-order valence-electron chi connectivity index (χ0n) is 12.7. The van der Waals surface area contributed by atoms with Gasteiger partial charge >= 0.3 is 0 Å². The molecule has 0 spiro atoms. The third kappa shape index (κ3) is 3.72. The third-order valence-electron chi connectivity index (χ3n) is 3.44. The Morgan fingerprint density at radius 1 is 1.29 bits per heavy atom. The zero-order chi connectivity index (χ0) is 15.2. The first-order valence-corrected chi connectivity index (χ1v) is 7.10. The van der Waals surface area contributed by atoms with Crippen LogP contribution in [0.5, 0.6) is 11.5 Å². The van der Waals surface area contributed by atoms with Gasteiger partial charge in [0.2, 0.25) is 0 Å². The predicted octanol–water partition coefficient (Wildman–Crippen LogP) is 2.34. The number of likely N-dealkylation sites (N-methyl/N-ethyl adjacent to an activating group) is 1. The third-order valence-corrected chi connectivity index (χ3v) is 3.44. The van der Waals surface area contributed by atoms with Crippen LogP contribution in [-0.4, -0.2) is 46.9 Å². The Morgan fingerprint density at radius 3 is 2.67 bits per heavy atom. The molecule has 0 radical (unpaired) electrons. The number of rotatable bonds is 7. The molecule has 0 atom stereocenters. The number of aromatic hydroxyl groups is 1. The van der Waals surface area contributed by atoms with Crippen molar-refractivity contribution in [1.29, 1.82) is 0 Å². The van der Waals surface area contributed by atoms with Gasteiger partial charge < -0.3 is 19.3 Å². The molecule has 0 aliphatic heterocycles. The first-order chi connectivity index (χ1) is 10.2. The summed E-state index contributed by atoms with van der Waals surface area (Å²) in [5.74, 6) is 1.55. The molecule has 114 valence electrons. The second kappa shape index (κ2) is 7.08. The summed E-state index contributed by atoms with van der Waals surface area (Å²) in [5, 5.41) is 13.8. The molecule has 6 heteroatoms. The first kappa shape index (κ1) is 15.3. The van der Waals surface area contributed by atoms with Crippen LogP contribution in [0.2, 0.25) is 0 Å². The number of hydrogen-bond donors (Lipinski definition) is 1. The van der Waals surface area contributed by atoms with Gasteiger partial charge in [-0.05, 0) is 31.3 Å². The van der Waals surface area contributed by atoms with Gasteiger partial charge in [-0.3, -0.25) is 0 Å². The fraction of sp³-hybridized carbons (Fsp3) is 0.467. The molecule has 1 aromatic carbocycles. The van der Waals surface area contributed by atoms with E-state index in [1.54, 1.807) is 18.2 Å². The van der Waals surface area contributed by atoms with Crippen molar-refractivity contribution in [1.82, 2.24) is 15.0 Å². The van der Waals surface area contributed by atoms with Crippen molar-refractivity contribution in [2.75, 3.05) is 26.7 Å². The molecule has 2 rings (SSSR count). The van der Waals surface area contributed by atoms with E-state index in [2.05, 4.69) is 28.9 Å². The van der Waals surface area contributed by atoms with E-state index in [9.17, 15) is 5.11 Å². The maximum absolute atomic E-state index is 9.78. The van der Waals surface area contributed by atoms with Crippen LogP contribution in [0.1, 0.15) is 19.7 Å². The van der Waals surface area contributed by atoms with Gasteiger partial charge in [0.05, 0.1) is 7.11 Å². The molecule has 21 heavy (non-hydrogen) atoms. The maximum atomic E-state index is 9.78. The highest BCUT2D eigenvalue weighted by Gasteiger charge is 2.12. The van der Waals surface area contributed by atoms with E-state index in [0.717, 1.165) is 26.1 Å². The molecular weight excluding hydrogens is 270 g/mol. The van der Waals surface area contributed by atoms with E-state index >= 15 is 0 Å². The van der Waals surface area contributed by atoms with Crippen molar-refractivity contribution in [3.63, 3.8) is 0 Å². The molecule has 0 saturated carbocycles. The van der Waals surface area contributed by atoms with E-state index in [1.165, 1.54) is 7.11 Å². The van der Waals surface area contributed by atoms with Gasteiger partial charge in [-0.1, -0.05) is 19.0 Å². The van der Waals surface area contributed by atoms with Gasteiger partial charge in [-0.15, -0.1) is 0 Å². The Morgan fingerprint density at radius 2 is 2.05 bits per heavy atom. The molecule has 0 fully saturated rings. The van der Waals surface area contributed by atoms with Crippen molar-refractivity contribution >= 4 is 0 Å². The minimum absolute atomic E-state index is 0.0536. The number of phenolic OH excluding ortho intramolecular Hbond substituents is 1. The summed E-state index contributed by atoms with van der Waals surface area (Å²) in [7, 11) is 1.51. The molecule has 6 nitrogen and oxygen atoms in total. The minimum Gasteiger partial charge on any atom is -0.504 e. The standard InChI is InChI=1S/C15H21N3O3/c1-4-18(5-2)9-8-14-16-15(21-17-14)11-6-7-13(20-3)12(19)10-11/h6-7,10,19H,4-5,8-9H2,1-3H3. The van der Waals surface area contributed by atoms with Gasteiger partial charge in [-0.25, -0.2) is 0 Å². The molecule has 2 aromatic rings. The molecule has 0 aliphatic carbocycles. The second-order valence-corrected chi connectivity index (χ2v) is 4.68. The molecule has 1 aromatic heterocycles. The van der Waals surface area contributed by atoms with Crippen molar-refractivity contribution < 1.29 is 14.4 Å². The van der Waals surface area contributed by atoms with Crippen LogP contribution in [0.3, 0.4) is 0 Å². The minimum atomic E-state index is 0.0536. The average molecular weight is 291 g/mol. The summed E-state index contributed by atoms with van der Waals surface area (Å²) < 4.78 is 10.3. The highest BCUT2D eigenvalue weighted by atomic mass is 16.5. The summed E-state index contributed by atoms with van der Waals surface area (Å²) in [6, 6.07) is 5.01. The molecular formula is C15H21N3O3. The molecule has 0 saturated heterocycles. The number of benzene rings is 1. The number of nitrogens with zero attached hydrogens (tertiary/aromatic N) is 3. The Bertz CT molecular complexity index is 579. The van der Waals surface area contributed by atoms with Crippen molar-refractivity contribution in [2.45, 2.75) is 20.3 Å². The first-order valence-electron chi connectivity index (χ1n) is 7.10. The van der Waals surface area contributed by atoms with Crippen LogP contribution < -0.4 is 4.74 Å². The van der Waals surface area contributed by atoms with Crippen LogP contribution >= 0.6 is 0 Å². The van der Waals surface area contributed by atoms with Gasteiger partial charge in [0.15, 0.2) is 17.3 Å². The molecule has 0 aliphatic rings. The summed E-state index contributed by atoms with van der Waals surface area (Å²) in [5.41, 5.74) is 0.676. The smallest absolute Gasteiger partial charge is 0.258 e. The lowest BCUT2D eigenvalue weighted by Crippen LogP contribution is -2.25. The van der Waals surface area contributed by atoms with Crippen molar-refractivity contribution in [2.24, 2.45) is 0 Å². The topological polar surface area (TPSA) is 71.6 Å². The van der Waals surface area contributed by atoms with E-state index < -0.39 is 0 Å². The lowest BCUT2D eigenvalue weighted by molar-refractivity contribution is 0.303. The quantitative estimate of drug-likeness (QED) is 0.844. The Kier molecular flexibility index (Phi) is 5.16. The summed E-state index contributed by atoms with van der Waals surface area (Å²) in [4.78, 5) is 6.66. The Labute approximate surface area is 124 Å². The summed E-state index contributed by atoms with van der Waals surface area (Å²) in [6.45, 7) is 7.18. The van der Waals surface area contributed by atoms with Gasteiger partial charge in [0, 0.05) is 18.5 Å². The highest BCUT2D eigenvalue weighted by Crippen LogP contribution is 2.30. The van der Waals surface area contributed by atoms with Gasteiger partial charge in [0.25, 0.3) is 5.89 Å². The van der Waals surface area contributed by atoms with Crippen LogP contribution in [-0.2, 0) is 6.42 Å². The molecule has 0 amide bonds. The average Bonchev–Trinajstić information content (AvgIpc) is 2.97. The molecule has 1 N–H and O–H groups in total. The van der Waals surface area contributed by atoms with E-state index in [0.29, 0.717) is 23.0 Å². The Balaban J connectivity index is 2.07. The van der Waals surface area contributed by atoms with Crippen LogP contribution in [0, 0.1) is 0 Å². The summed E-state index contributed by atoms with van der Waals surface area (Å²) >= 11 is 0. The van der Waals surface area contributed by atoms with Crippen LogP contribution in [0.25, 0.3) is 11.5 Å². The van der Waals surface area contributed by atoms with E-state index in [4.69, 9.17) is 9.26 Å². The monoisotopic (exact) mass is 291 g/mol. The SMILES string of the molecule is CCN(CC)CCc1noc(-c2ccc(OC)c(O)c2)n1. The van der Waals surface area contributed by atoms with E-state index in [1.807, 2.05) is 0 Å². The van der Waals surface area contributed by atoms with E-state index in [-0.39, 0.29) is 5.75 Å². The van der Waals surface area contributed by atoms with Crippen LogP contribution in [0.4, 0.5) is 0 Å². The number of phenols is 1. The van der Waals surface area contributed by atoms with Crippen molar-refractivity contribution in [3.05, 3.63) is 24.0 Å². The zero-order valence-corrected chi connectivity index (χ0v) is 12.7. The fourth-order valence-corrected chi connectivity index (χ4v) is 2.09. The fourth-order valence-electron chi connectivity index (χ4n) is 2.09. The number of hydrogen-bond acceptors (Lipinski definition) is 6. The number of ether oxygens (including phenoxy) is 1. The number of aromatic nitrogens is 2. The van der Waals surface area contributed by atoms with Gasteiger partial charge in [-0.2, -0.15) is 4.98 Å². The maximum Gasteiger partial charge on any atom is 0.258 e. The molecule has 0 unspecified atom stereocenters. The van der Waals surface area contributed by atoms with Crippen molar-refractivity contribution in [3.8, 4) is 23.0 Å². The lowest BCUT2D eigenvalue weighted by Gasteiger charge is -2.16. The predicted molar refractivity (Wildman–Crippen MR) is 79.4 cm³/mol. The normalized spacial score (nSPS) is 11.0. The lowest BCUT2D eigenvalue weighted by atomic mass is 10.2. The van der Waals surface area contributed by atoms with Gasteiger partial charge in [0.1, 0.15) is 0 Å². The largest absolute Gasteiger partial charge is 0.504 e. The summed E-state index contributed by atoms with van der Waals surface area (Å²) in [6.07, 6.45) is 0.743. The number of methoxy groups -OCH3 is 1.